The van der Waals surface area contributed by atoms with Gasteiger partial charge in [-0.2, -0.15) is 0 Å². The quantitative estimate of drug-likeness (QED) is 0.730. The summed E-state index contributed by atoms with van der Waals surface area (Å²) in [6.45, 7) is 4.97. The van der Waals surface area contributed by atoms with Crippen molar-refractivity contribution in [2.75, 3.05) is 13.1 Å². The van der Waals surface area contributed by atoms with Crippen molar-refractivity contribution >= 4 is 11.0 Å². The lowest BCUT2D eigenvalue weighted by molar-refractivity contribution is 0.150. The summed E-state index contributed by atoms with van der Waals surface area (Å²) in [4.78, 5) is 11.3. The van der Waals surface area contributed by atoms with Crippen molar-refractivity contribution in [2.45, 2.75) is 25.8 Å². The summed E-state index contributed by atoms with van der Waals surface area (Å²) in [5, 5.41) is 0. The Morgan fingerprint density at radius 1 is 1.24 bits per heavy atom. The summed E-state index contributed by atoms with van der Waals surface area (Å²) < 4.78 is 16.3. The summed E-state index contributed by atoms with van der Waals surface area (Å²) in [5.41, 5.74) is 2.91. The number of benzene rings is 1. The molecule has 130 valence electrons. The lowest BCUT2D eigenvalue weighted by Crippen LogP contribution is -2.38. The molecule has 2 atom stereocenters. The molecule has 4 rings (SSSR count). The lowest BCUT2D eigenvalue weighted by atomic mass is 9.81. The predicted octanol–water partition coefficient (Wildman–Crippen LogP) is 3.73. The highest BCUT2D eigenvalue weighted by Gasteiger charge is 2.29. The SMILES string of the molecule is C[C@H]1CN(Cc2nc3cnccc3n2C)CC[C@H]1c1ccccc1F. The lowest BCUT2D eigenvalue weighted by Gasteiger charge is -2.37. The second-order valence-electron chi connectivity index (χ2n) is 7.08. The molecule has 0 aliphatic carbocycles. The molecule has 4 nitrogen and oxygen atoms in total. The van der Waals surface area contributed by atoms with Crippen molar-refractivity contribution in [3.05, 3.63) is 59.9 Å². The largest absolute Gasteiger partial charge is 0.330 e. The molecule has 1 aliphatic rings. The van der Waals surface area contributed by atoms with Gasteiger partial charge < -0.3 is 4.57 Å². The van der Waals surface area contributed by atoms with Gasteiger partial charge >= 0.3 is 0 Å². The van der Waals surface area contributed by atoms with Gasteiger partial charge in [-0.15, -0.1) is 0 Å². The van der Waals surface area contributed by atoms with E-state index in [9.17, 15) is 4.39 Å². The molecular formula is C20H23FN4. The Morgan fingerprint density at radius 3 is 2.84 bits per heavy atom. The second kappa shape index (κ2) is 6.56. The molecule has 1 fully saturated rings. The van der Waals surface area contributed by atoms with Crippen LogP contribution in [0.5, 0.6) is 0 Å². The molecule has 0 N–H and O–H groups in total. The zero-order valence-corrected chi connectivity index (χ0v) is 14.7. The molecule has 0 amide bonds. The van der Waals surface area contributed by atoms with Gasteiger partial charge in [-0.3, -0.25) is 9.88 Å². The first-order chi connectivity index (χ1) is 12.1. The smallest absolute Gasteiger partial charge is 0.126 e. The molecule has 0 spiro atoms. The molecule has 0 bridgehead atoms. The highest BCUT2D eigenvalue weighted by molar-refractivity contribution is 5.74. The molecule has 5 heteroatoms. The second-order valence-corrected chi connectivity index (χ2v) is 7.08. The number of halogens is 1. The molecule has 0 saturated carbocycles. The highest BCUT2D eigenvalue weighted by Crippen LogP contribution is 2.34. The van der Waals surface area contributed by atoms with E-state index in [4.69, 9.17) is 4.98 Å². The number of rotatable bonds is 3. The van der Waals surface area contributed by atoms with Gasteiger partial charge in [-0.25, -0.2) is 9.37 Å². The number of hydrogen-bond donors (Lipinski definition) is 0. The molecule has 1 saturated heterocycles. The number of nitrogens with zero attached hydrogens (tertiary/aromatic N) is 4. The molecular weight excluding hydrogens is 315 g/mol. The van der Waals surface area contributed by atoms with Crippen LogP contribution in [0, 0.1) is 11.7 Å². The Labute approximate surface area is 147 Å². The molecule has 25 heavy (non-hydrogen) atoms. The van der Waals surface area contributed by atoms with E-state index in [0.717, 1.165) is 48.5 Å². The number of imidazole rings is 1. The van der Waals surface area contributed by atoms with Gasteiger partial charge in [0, 0.05) is 19.8 Å². The number of aromatic nitrogens is 3. The summed E-state index contributed by atoms with van der Waals surface area (Å²) in [6, 6.07) is 9.20. The van der Waals surface area contributed by atoms with E-state index in [0.29, 0.717) is 11.8 Å². The Bertz CT molecular complexity index is 888. The minimum Gasteiger partial charge on any atom is -0.330 e. The Kier molecular flexibility index (Phi) is 4.25. The molecule has 0 radical (unpaired) electrons. The number of pyridine rings is 1. The Balaban J connectivity index is 1.49. The van der Waals surface area contributed by atoms with Crippen LogP contribution < -0.4 is 0 Å². The Hall–Kier alpha value is -2.27. The van der Waals surface area contributed by atoms with Crippen LogP contribution in [-0.2, 0) is 13.6 Å². The van der Waals surface area contributed by atoms with Crippen LogP contribution >= 0.6 is 0 Å². The van der Waals surface area contributed by atoms with E-state index in [1.165, 1.54) is 0 Å². The fourth-order valence-corrected chi connectivity index (χ4v) is 4.06. The van der Waals surface area contributed by atoms with E-state index in [1.54, 1.807) is 18.3 Å². The number of piperidine rings is 1. The third-order valence-corrected chi connectivity index (χ3v) is 5.43. The minimum atomic E-state index is -0.0735. The summed E-state index contributed by atoms with van der Waals surface area (Å²) in [5.74, 6) is 1.69. The molecule has 1 aliphatic heterocycles. The van der Waals surface area contributed by atoms with E-state index >= 15 is 0 Å². The standard InChI is InChI=1S/C20H23FN4/c1-14-12-25(10-8-15(14)16-5-3-4-6-17(16)21)13-20-23-18-11-22-9-7-19(18)24(20)2/h3-7,9,11,14-15H,8,10,12-13H2,1-2H3/t14-,15+/m0/s1. The zero-order valence-electron chi connectivity index (χ0n) is 14.7. The average molecular weight is 338 g/mol. The van der Waals surface area contributed by atoms with Crippen LogP contribution in [0.25, 0.3) is 11.0 Å². The maximum absolute atomic E-state index is 14.1. The predicted molar refractivity (Wildman–Crippen MR) is 96.7 cm³/mol. The fraction of sp³-hybridized carbons (Fsp3) is 0.400. The first-order valence-corrected chi connectivity index (χ1v) is 8.85. The maximum Gasteiger partial charge on any atom is 0.126 e. The van der Waals surface area contributed by atoms with Crippen LogP contribution in [0.1, 0.15) is 30.7 Å². The van der Waals surface area contributed by atoms with Crippen molar-refractivity contribution in [1.82, 2.24) is 19.4 Å². The third-order valence-electron chi connectivity index (χ3n) is 5.43. The first-order valence-electron chi connectivity index (χ1n) is 8.85. The van der Waals surface area contributed by atoms with E-state index in [1.807, 2.05) is 24.4 Å². The van der Waals surface area contributed by atoms with Crippen LogP contribution in [0.4, 0.5) is 4.39 Å². The van der Waals surface area contributed by atoms with Crippen molar-refractivity contribution < 1.29 is 4.39 Å². The summed E-state index contributed by atoms with van der Waals surface area (Å²) in [6.07, 6.45) is 4.59. The maximum atomic E-state index is 14.1. The van der Waals surface area contributed by atoms with Gasteiger partial charge in [0.15, 0.2) is 0 Å². The molecule has 1 aromatic carbocycles. The zero-order chi connectivity index (χ0) is 17.4. The van der Waals surface area contributed by atoms with Gasteiger partial charge in [0.05, 0.1) is 18.3 Å². The Morgan fingerprint density at radius 2 is 2.08 bits per heavy atom. The summed E-state index contributed by atoms with van der Waals surface area (Å²) >= 11 is 0. The number of fused-ring (bicyclic) bond motifs is 1. The van der Waals surface area contributed by atoms with E-state index in [-0.39, 0.29) is 5.82 Å². The van der Waals surface area contributed by atoms with Crippen molar-refractivity contribution in [1.29, 1.82) is 0 Å². The summed E-state index contributed by atoms with van der Waals surface area (Å²) in [7, 11) is 2.06. The van der Waals surface area contributed by atoms with Crippen molar-refractivity contribution in [2.24, 2.45) is 13.0 Å². The molecule has 2 aromatic heterocycles. The molecule has 3 aromatic rings. The first kappa shape index (κ1) is 16.2. The van der Waals surface area contributed by atoms with E-state index in [2.05, 4.69) is 28.4 Å². The van der Waals surface area contributed by atoms with E-state index < -0.39 is 0 Å². The molecule has 0 unspecified atom stereocenters. The van der Waals surface area contributed by atoms with Gasteiger partial charge in [0.25, 0.3) is 0 Å². The van der Waals surface area contributed by atoms with Crippen molar-refractivity contribution in [3.8, 4) is 0 Å². The van der Waals surface area contributed by atoms with Gasteiger partial charge in [0.2, 0.25) is 0 Å². The topological polar surface area (TPSA) is 34.0 Å². The normalized spacial score (nSPS) is 21.7. The van der Waals surface area contributed by atoms with Gasteiger partial charge in [-0.1, -0.05) is 25.1 Å². The van der Waals surface area contributed by atoms with Crippen LogP contribution in [0.15, 0.2) is 42.7 Å². The number of hydrogen-bond acceptors (Lipinski definition) is 3. The fourth-order valence-electron chi connectivity index (χ4n) is 4.06. The number of aryl methyl sites for hydroxylation is 1. The highest BCUT2D eigenvalue weighted by atomic mass is 19.1. The minimum absolute atomic E-state index is 0.0735. The van der Waals surface area contributed by atoms with Crippen molar-refractivity contribution in [3.63, 3.8) is 0 Å². The monoisotopic (exact) mass is 338 g/mol. The molecule has 3 heterocycles. The average Bonchev–Trinajstić information content (AvgIpc) is 2.92. The van der Waals surface area contributed by atoms with Gasteiger partial charge in [0.1, 0.15) is 17.2 Å². The van der Waals surface area contributed by atoms with Gasteiger partial charge in [-0.05, 0) is 42.5 Å². The van der Waals surface area contributed by atoms with Crippen LogP contribution in [0.2, 0.25) is 0 Å². The van der Waals surface area contributed by atoms with Crippen LogP contribution in [-0.4, -0.2) is 32.5 Å². The van der Waals surface area contributed by atoms with Crippen LogP contribution in [0.3, 0.4) is 0 Å². The third kappa shape index (κ3) is 3.04. The number of likely N-dealkylation sites (tertiary alicyclic amines) is 1.